The number of carbonyl (C=O) groups excluding carboxylic acids is 1. The minimum Gasteiger partial charge on any atom is -0.307 e. The Morgan fingerprint density at radius 1 is 1.17 bits per heavy atom. The van der Waals surface area contributed by atoms with Crippen LogP contribution in [0.3, 0.4) is 0 Å². The van der Waals surface area contributed by atoms with Gasteiger partial charge in [-0.15, -0.1) is 0 Å². The van der Waals surface area contributed by atoms with Crippen LogP contribution in [-0.4, -0.2) is 15.5 Å². The number of hydrogen-bond acceptors (Lipinski definition) is 2. The molecule has 3 aromatic rings. The van der Waals surface area contributed by atoms with E-state index in [1.807, 2.05) is 6.07 Å². The molecule has 0 aliphatic heterocycles. The van der Waals surface area contributed by atoms with Crippen molar-refractivity contribution >= 4 is 16.8 Å². The van der Waals surface area contributed by atoms with Crippen LogP contribution >= 0.6 is 0 Å². The third-order valence-electron chi connectivity index (χ3n) is 3.53. The average molecular weight is 311 g/mol. The van der Waals surface area contributed by atoms with E-state index in [1.54, 1.807) is 25.1 Å². The van der Waals surface area contributed by atoms with E-state index in [2.05, 4.69) is 9.98 Å². The summed E-state index contributed by atoms with van der Waals surface area (Å²) in [5.74, 6) is -0.949. The van der Waals surface area contributed by atoms with Crippen LogP contribution in [0.1, 0.15) is 17.3 Å². The number of carbonyl (C=O) groups is 1. The Kier molecular flexibility index (Phi) is 3.89. The van der Waals surface area contributed by atoms with Gasteiger partial charge in [0.25, 0.3) is 5.91 Å². The number of H-pyrrole nitrogens is 1. The second-order valence-electron chi connectivity index (χ2n) is 4.97. The van der Waals surface area contributed by atoms with Crippen LogP contribution in [0.4, 0.5) is 4.39 Å². The van der Waals surface area contributed by atoms with Gasteiger partial charge in [-0.3, -0.25) is 9.36 Å². The van der Waals surface area contributed by atoms with Gasteiger partial charge in [-0.25, -0.2) is 9.18 Å². The van der Waals surface area contributed by atoms with Crippen molar-refractivity contribution in [3.8, 4) is 0 Å². The molecule has 3 rings (SSSR count). The van der Waals surface area contributed by atoms with Crippen molar-refractivity contribution in [2.24, 2.45) is 4.99 Å². The highest BCUT2D eigenvalue weighted by Gasteiger charge is 2.08. The van der Waals surface area contributed by atoms with Gasteiger partial charge < -0.3 is 4.98 Å². The van der Waals surface area contributed by atoms with Crippen LogP contribution in [-0.2, 0) is 6.54 Å². The third kappa shape index (κ3) is 2.83. The standard InChI is InChI=1S/C17H14FN3O2/c1-2-21-15(13-5-3-4-6-14(13)19-17(21)23)20-16(22)11-7-9-12(18)10-8-11/h3-10H,2H2,1H3,(H,19,23). The molecule has 0 saturated heterocycles. The van der Waals surface area contributed by atoms with Gasteiger partial charge in [0.05, 0.1) is 5.52 Å². The number of hydrogen-bond donors (Lipinski definition) is 1. The molecule has 0 unspecified atom stereocenters. The molecule has 2 aromatic carbocycles. The minimum absolute atomic E-state index is 0.262. The van der Waals surface area contributed by atoms with E-state index in [1.165, 1.54) is 28.8 Å². The van der Waals surface area contributed by atoms with E-state index in [-0.39, 0.29) is 11.3 Å². The lowest BCUT2D eigenvalue weighted by Crippen LogP contribution is -2.36. The average Bonchev–Trinajstić information content (AvgIpc) is 2.55. The predicted octanol–water partition coefficient (Wildman–Crippen LogP) is 2.23. The molecule has 0 spiro atoms. The van der Waals surface area contributed by atoms with Gasteiger partial charge in [0, 0.05) is 17.5 Å². The van der Waals surface area contributed by atoms with Gasteiger partial charge in [0.15, 0.2) is 0 Å². The van der Waals surface area contributed by atoms with Crippen LogP contribution in [0, 0.1) is 5.82 Å². The van der Waals surface area contributed by atoms with E-state index in [0.29, 0.717) is 22.9 Å². The Labute approximate surface area is 130 Å². The summed E-state index contributed by atoms with van der Waals surface area (Å²) in [6.07, 6.45) is 0. The molecular weight excluding hydrogens is 297 g/mol. The second kappa shape index (κ2) is 6.00. The molecule has 0 radical (unpaired) electrons. The van der Waals surface area contributed by atoms with Crippen LogP contribution in [0.2, 0.25) is 0 Å². The monoisotopic (exact) mass is 311 g/mol. The van der Waals surface area contributed by atoms with Crippen LogP contribution in [0.5, 0.6) is 0 Å². The number of benzene rings is 2. The number of aromatic nitrogens is 2. The van der Waals surface area contributed by atoms with Gasteiger partial charge in [-0.1, -0.05) is 12.1 Å². The number of nitrogens with zero attached hydrogens (tertiary/aromatic N) is 2. The maximum absolute atomic E-state index is 13.0. The van der Waals surface area contributed by atoms with E-state index in [9.17, 15) is 14.0 Å². The number of rotatable bonds is 2. The highest BCUT2D eigenvalue weighted by molar-refractivity contribution is 5.95. The molecule has 23 heavy (non-hydrogen) atoms. The Hall–Kier alpha value is -3.02. The number of aromatic amines is 1. The molecular formula is C17H14FN3O2. The summed E-state index contributed by atoms with van der Waals surface area (Å²) in [6.45, 7) is 2.17. The van der Waals surface area contributed by atoms with Gasteiger partial charge in [-0.05, 0) is 43.3 Å². The number of fused-ring (bicyclic) bond motifs is 1. The number of para-hydroxylation sites is 1. The molecule has 0 aliphatic rings. The first kappa shape index (κ1) is 14.9. The van der Waals surface area contributed by atoms with Crippen LogP contribution in [0.25, 0.3) is 10.9 Å². The molecule has 0 saturated carbocycles. The first-order chi connectivity index (χ1) is 11.1. The van der Waals surface area contributed by atoms with E-state index < -0.39 is 11.7 Å². The zero-order valence-electron chi connectivity index (χ0n) is 12.4. The van der Waals surface area contributed by atoms with Gasteiger partial charge in [-0.2, -0.15) is 4.99 Å². The quantitative estimate of drug-likeness (QED) is 0.788. The number of amides is 1. The van der Waals surface area contributed by atoms with Crippen LogP contribution in [0.15, 0.2) is 58.3 Å². The SMILES string of the molecule is CCn1c(=O)[nH]c2ccccc2c1=NC(=O)c1ccc(F)cc1. The second-order valence-corrected chi connectivity index (χ2v) is 4.97. The first-order valence-corrected chi connectivity index (χ1v) is 7.16. The minimum atomic E-state index is -0.525. The van der Waals surface area contributed by atoms with Crippen LogP contribution < -0.4 is 11.2 Å². The molecule has 116 valence electrons. The Balaban J connectivity index is 2.27. The molecule has 0 atom stereocenters. The normalized spacial score (nSPS) is 11.8. The molecule has 1 aromatic heterocycles. The summed E-state index contributed by atoms with van der Waals surface area (Å²) in [4.78, 5) is 31.3. The third-order valence-corrected chi connectivity index (χ3v) is 3.53. The molecule has 0 aliphatic carbocycles. The summed E-state index contributed by atoms with van der Waals surface area (Å²) in [7, 11) is 0. The zero-order valence-corrected chi connectivity index (χ0v) is 12.4. The van der Waals surface area contributed by atoms with Crippen molar-refractivity contribution in [2.75, 3.05) is 0 Å². The van der Waals surface area contributed by atoms with E-state index >= 15 is 0 Å². The zero-order chi connectivity index (χ0) is 16.4. The number of halogens is 1. The highest BCUT2D eigenvalue weighted by Crippen LogP contribution is 2.06. The lowest BCUT2D eigenvalue weighted by molar-refractivity contribution is 0.0997. The first-order valence-electron chi connectivity index (χ1n) is 7.16. The topological polar surface area (TPSA) is 67.2 Å². The Morgan fingerprint density at radius 2 is 1.87 bits per heavy atom. The largest absolute Gasteiger partial charge is 0.327 e. The summed E-state index contributed by atoms with van der Waals surface area (Å²) < 4.78 is 14.4. The van der Waals surface area contributed by atoms with E-state index in [0.717, 1.165) is 0 Å². The molecule has 6 heteroatoms. The van der Waals surface area contributed by atoms with Crippen molar-refractivity contribution < 1.29 is 9.18 Å². The molecule has 5 nitrogen and oxygen atoms in total. The smallest absolute Gasteiger partial charge is 0.307 e. The Morgan fingerprint density at radius 3 is 2.57 bits per heavy atom. The van der Waals surface area contributed by atoms with Crippen molar-refractivity contribution in [2.45, 2.75) is 13.5 Å². The number of nitrogens with one attached hydrogen (secondary N) is 1. The predicted molar refractivity (Wildman–Crippen MR) is 84.5 cm³/mol. The fourth-order valence-electron chi connectivity index (χ4n) is 2.38. The maximum atomic E-state index is 13.0. The van der Waals surface area contributed by atoms with Crippen molar-refractivity contribution in [3.63, 3.8) is 0 Å². The fraction of sp³-hybridized carbons (Fsp3) is 0.118. The van der Waals surface area contributed by atoms with Gasteiger partial charge in [0.1, 0.15) is 11.3 Å². The Bertz CT molecular complexity index is 1000. The van der Waals surface area contributed by atoms with Crippen molar-refractivity contribution in [1.29, 1.82) is 0 Å². The van der Waals surface area contributed by atoms with Gasteiger partial charge in [0.2, 0.25) is 0 Å². The summed E-state index contributed by atoms with van der Waals surface area (Å²) >= 11 is 0. The molecule has 1 amide bonds. The molecule has 1 N–H and O–H groups in total. The highest BCUT2D eigenvalue weighted by atomic mass is 19.1. The summed E-state index contributed by atoms with van der Waals surface area (Å²) in [5, 5.41) is 0.671. The summed E-state index contributed by atoms with van der Waals surface area (Å²) in [6, 6.07) is 12.3. The molecule has 0 bridgehead atoms. The molecule has 0 fully saturated rings. The van der Waals surface area contributed by atoms with Crippen molar-refractivity contribution in [1.82, 2.24) is 9.55 Å². The fourth-order valence-corrected chi connectivity index (χ4v) is 2.38. The lowest BCUT2D eigenvalue weighted by atomic mass is 10.2. The maximum Gasteiger partial charge on any atom is 0.327 e. The van der Waals surface area contributed by atoms with E-state index in [4.69, 9.17) is 0 Å². The van der Waals surface area contributed by atoms with Crippen molar-refractivity contribution in [3.05, 3.63) is 75.9 Å². The summed E-state index contributed by atoms with van der Waals surface area (Å²) in [5.41, 5.74) is 0.823. The lowest BCUT2D eigenvalue weighted by Gasteiger charge is -2.06. The van der Waals surface area contributed by atoms with Gasteiger partial charge >= 0.3 is 5.69 Å². The molecule has 1 heterocycles.